The molecule has 20 heavy (non-hydrogen) atoms. The zero-order valence-corrected chi connectivity index (χ0v) is 11.4. The normalized spacial score (nSPS) is 14.8. The SMILES string of the molecule is Cc1cc(C(=O)NN=C2CCCCC2)ccc1[N+](=O)[O-]. The molecule has 0 heterocycles. The number of rotatable bonds is 3. The van der Waals surface area contributed by atoms with Crippen molar-refractivity contribution in [3.8, 4) is 0 Å². The number of hydrogen-bond acceptors (Lipinski definition) is 4. The smallest absolute Gasteiger partial charge is 0.267 e. The Bertz CT molecular complexity index is 559. The highest BCUT2D eigenvalue weighted by Gasteiger charge is 2.14. The highest BCUT2D eigenvalue weighted by Crippen LogP contribution is 2.19. The molecule has 106 valence electrons. The average molecular weight is 275 g/mol. The highest BCUT2D eigenvalue weighted by atomic mass is 16.6. The molecular formula is C14H17N3O3. The maximum atomic E-state index is 11.9. The van der Waals surface area contributed by atoms with Crippen molar-refractivity contribution in [2.24, 2.45) is 5.10 Å². The molecule has 1 N–H and O–H groups in total. The van der Waals surface area contributed by atoms with Gasteiger partial charge in [0.05, 0.1) is 4.92 Å². The second-order valence-electron chi connectivity index (χ2n) is 4.94. The van der Waals surface area contributed by atoms with E-state index in [0.717, 1.165) is 31.4 Å². The van der Waals surface area contributed by atoms with Gasteiger partial charge in [-0.25, -0.2) is 5.43 Å². The summed E-state index contributed by atoms with van der Waals surface area (Å²) in [6.45, 7) is 1.61. The number of carbonyl (C=O) groups is 1. The molecule has 1 aromatic carbocycles. The molecule has 2 rings (SSSR count). The third-order valence-electron chi connectivity index (χ3n) is 3.40. The summed E-state index contributed by atoms with van der Waals surface area (Å²) < 4.78 is 0. The molecule has 0 aromatic heterocycles. The molecule has 1 amide bonds. The van der Waals surface area contributed by atoms with Crippen LogP contribution in [0.4, 0.5) is 5.69 Å². The van der Waals surface area contributed by atoms with Crippen molar-refractivity contribution in [1.82, 2.24) is 5.43 Å². The van der Waals surface area contributed by atoms with Crippen LogP contribution < -0.4 is 5.43 Å². The van der Waals surface area contributed by atoms with Gasteiger partial charge in [0.25, 0.3) is 11.6 Å². The molecule has 0 aliphatic heterocycles. The van der Waals surface area contributed by atoms with E-state index in [1.165, 1.54) is 24.6 Å². The van der Waals surface area contributed by atoms with Crippen LogP contribution in [0.25, 0.3) is 0 Å². The largest absolute Gasteiger partial charge is 0.272 e. The molecule has 0 radical (unpaired) electrons. The fourth-order valence-electron chi connectivity index (χ4n) is 2.27. The van der Waals surface area contributed by atoms with Gasteiger partial charge in [0, 0.05) is 22.9 Å². The highest BCUT2D eigenvalue weighted by molar-refractivity contribution is 5.96. The zero-order valence-electron chi connectivity index (χ0n) is 11.4. The third-order valence-corrected chi connectivity index (χ3v) is 3.40. The van der Waals surface area contributed by atoms with Crippen LogP contribution in [0.2, 0.25) is 0 Å². The van der Waals surface area contributed by atoms with Crippen molar-refractivity contribution in [2.45, 2.75) is 39.0 Å². The predicted octanol–water partition coefficient (Wildman–Crippen LogP) is 2.95. The van der Waals surface area contributed by atoms with Crippen molar-refractivity contribution in [1.29, 1.82) is 0 Å². The van der Waals surface area contributed by atoms with Gasteiger partial charge in [-0.3, -0.25) is 14.9 Å². The Kier molecular flexibility index (Phi) is 4.45. The molecule has 1 aromatic rings. The first kappa shape index (κ1) is 14.2. The van der Waals surface area contributed by atoms with E-state index in [4.69, 9.17) is 0 Å². The Hall–Kier alpha value is -2.24. The summed E-state index contributed by atoms with van der Waals surface area (Å²) in [5.41, 5.74) is 4.40. The quantitative estimate of drug-likeness (QED) is 0.679. The van der Waals surface area contributed by atoms with Gasteiger partial charge < -0.3 is 0 Å². The number of amides is 1. The molecule has 6 nitrogen and oxygen atoms in total. The van der Waals surface area contributed by atoms with Crippen LogP contribution in [-0.4, -0.2) is 16.5 Å². The summed E-state index contributed by atoms with van der Waals surface area (Å²) in [5, 5.41) is 14.8. The number of carbonyl (C=O) groups excluding carboxylic acids is 1. The molecule has 0 saturated heterocycles. The maximum Gasteiger partial charge on any atom is 0.272 e. The van der Waals surface area contributed by atoms with Crippen molar-refractivity contribution >= 4 is 17.3 Å². The number of hydrazone groups is 1. The molecule has 0 bridgehead atoms. The van der Waals surface area contributed by atoms with Gasteiger partial charge in [-0.2, -0.15) is 5.10 Å². The average Bonchev–Trinajstić information content (AvgIpc) is 2.45. The van der Waals surface area contributed by atoms with Gasteiger partial charge in [0.15, 0.2) is 0 Å². The zero-order chi connectivity index (χ0) is 14.5. The second kappa shape index (κ2) is 6.27. The van der Waals surface area contributed by atoms with Crippen molar-refractivity contribution in [3.63, 3.8) is 0 Å². The lowest BCUT2D eigenvalue weighted by Gasteiger charge is -2.12. The van der Waals surface area contributed by atoms with Gasteiger partial charge in [0.1, 0.15) is 0 Å². The monoisotopic (exact) mass is 275 g/mol. The first-order valence-electron chi connectivity index (χ1n) is 6.69. The van der Waals surface area contributed by atoms with Gasteiger partial charge in [-0.05, 0) is 44.7 Å². The summed E-state index contributed by atoms with van der Waals surface area (Å²) in [7, 11) is 0. The number of nitro groups is 1. The Labute approximate surface area is 117 Å². The van der Waals surface area contributed by atoms with Gasteiger partial charge in [-0.1, -0.05) is 6.42 Å². The predicted molar refractivity (Wildman–Crippen MR) is 75.8 cm³/mol. The maximum absolute atomic E-state index is 11.9. The van der Waals surface area contributed by atoms with Gasteiger partial charge >= 0.3 is 0 Å². The molecule has 0 spiro atoms. The number of nitrogens with one attached hydrogen (secondary N) is 1. The van der Waals surface area contributed by atoms with E-state index in [1.54, 1.807) is 6.92 Å². The molecule has 6 heteroatoms. The van der Waals surface area contributed by atoms with E-state index >= 15 is 0 Å². The fraction of sp³-hybridized carbons (Fsp3) is 0.429. The van der Waals surface area contributed by atoms with E-state index in [-0.39, 0.29) is 11.6 Å². The fourth-order valence-corrected chi connectivity index (χ4v) is 2.27. The molecule has 0 unspecified atom stereocenters. The molecular weight excluding hydrogens is 258 g/mol. The van der Waals surface area contributed by atoms with E-state index in [1.807, 2.05) is 0 Å². The third kappa shape index (κ3) is 3.40. The minimum absolute atomic E-state index is 0.0140. The van der Waals surface area contributed by atoms with Crippen molar-refractivity contribution < 1.29 is 9.72 Å². The Morgan fingerprint density at radius 3 is 2.60 bits per heavy atom. The van der Waals surface area contributed by atoms with Gasteiger partial charge in [-0.15, -0.1) is 0 Å². The summed E-state index contributed by atoms with van der Waals surface area (Å²) in [5.74, 6) is -0.332. The van der Waals surface area contributed by atoms with E-state index < -0.39 is 4.92 Å². The van der Waals surface area contributed by atoms with Crippen molar-refractivity contribution in [3.05, 3.63) is 39.4 Å². The number of nitrogens with zero attached hydrogens (tertiary/aromatic N) is 2. The van der Waals surface area contributed by atoms with E-state index in [9.17, 15) is 14.9 Å². The molecule has 1 fully saturated rings. The van der Waals surface area contributed by atoms with E-state index in [2.05, 4.69) is 10.5 Å². The molecule has 1 aliphatic rings. The lowest BCUT2D eigenvalue weighted by molar-refractivity contribution is -0.385. The van der Waals surface area contributed by atoms with Crippen LogP contribution in [0, 0.1) is 17.0 Å². The Morgan fingerprint density at radius 1 is 1.30 bits per heavy atom. The lowest BCUT2D eigenvalue weighted by atomic mass is 9.99. The summed E-state index contributed by atoms with van der Waals surface area (Å²) in [6, 6.07) is 4.30. The number of hydrogen-bond donors (Lipinski definition) is 1. The number of aryl methyl sites for hydroxylation is 1. The Balaban J connectivity index is 2.05. The lowest BCUT2D eigenvalue weighted by Crippen LogP contribution is -2.20. The molecule has 1 aliphatic carbocycles. The van der Waals surface area contributed by atoms with E-state index in [0.29, 0.717) is 11.1 Å². The minimum atomic E-state index is -0.459. The first-order valence-corrected chi connectivity index (χ1v) is 6.69. The number of benzene rings is 1. The first-order chi connectivity index (χ1) is 9.58. The summed E-state index contributed by atoms with van der Waals surface area (Å²) in [6.07, 6.45) is 5.31. The van der Waals surface area contributed by atoms with Crippen LogP contribution in [-0.2, 0) is 0 Å². The van der Waals surface area contributed by atoms with Crippen LogP contribution in [0.15, 0.2) is 23.3 Å². The Morgan fingerprint density at radius 2 is 2.00 bits per heavy atom. The second-order valence-corrected chi connectivity index (χ2v) is 4.94. The van der Waals surface area contributed by atoms with Crippen LogP contribution in [0.3, 0.4) is 0 Å². The van der Waals surface area contributed by atoms with Crippen LogP contribution >= 0.6 is 0 Å². The minimum Gasteiger partial charge on any atom is -0.267 e. The van der Waals surface area contributed by atoms with Crippen molar-refractivity contribution in [2.75, 3.05) is 0 Å². The van der Waals surface area contributed by atoms with Crippen LogP contribution in [0.1, 0.15) is 48.0 Å². The van der Waals surface area contributed by atoms with Gasteiger partial charge in [0.2, 0.25) is 0 Å². The summed E-state index contributed by atoms with van der Waals surface area (Å²) >= 11 is 0. The molecule has 1 saturated carbocycles. The standard InChI is InChI=1S/C14H17N3O3/c1-10-9-11(7-8-13(10)17(19)20)14(18)16-15-12-5-3-2-4-6-12/h7-9H,2-6H2,1H3,(H,16,18). The topological polar surface area (TPSA) is 84.6 Å². The number of nitro benzene ring substituents is 1. The van der Waals surface area contributed by atoms with Crippen LogP contribution in [0.5, 0.6) is 0 Å². The summed E-state index contributed by atoms with van der Waals surface area (Å²) in [4.78, 5) is 22.2. The molecule has 0 atom stereocenters.